The SMILES string of the molecule is CNC(=O)N1CCS[C@@H]1c1ccc(O[C@@H]2O[C@H](COC(C)=O)[C@@H](OC(C)=O)[C@H](OC(C)=O)[C@H]2OC(C)=O)c(OC)c1. The van der Waals surface area contributed by atoms with Crippen molar-refractivity contribution in [2.45, 2.75) is 63.8 Å². The van der Waals surface area contributed by atoms with Crippen LogP contribution in [0.25, 0.3) is 0 Å². The number of benzene rings is 1. The van der Waals surface area contributed by atoms with E-state index in [9.17, 15) is 24.0 Å². The molecular weight excluding hydrogens is 564 g/mol. The molecule has 2 heterocycles. The summed E-state index contributed by atoms with van der Waals surface area (Å²) < 4.78 is 39.0. The highest BCUT2D eigenvalue weighted by Gasteiger charge is 2.53. The zero-order valence-corrected chi connectivity index (χ0v) is 24.4. The first-order chi connectivity index (χ1) is 19.4. The molecule has 2 fully saturated rings. The Morgan fingerprint density at radius 2 is 1.56 bits per heavy atom. The highest BCUT2D eigenvalue weighted by Crippen LogP contribution is 2.42. The molecule has 1 N–H and O–H groups in total. The molecule has 226 valence electrons. The van der Waals surface area contributed by atoms with Crippen LogP contribution in [0.1, 0.15) is 38.6 Å². The number of ether oxygens (including phenoxy) is 7. The summed E-state index contributed by atoms with van der Waals surface area (Å²) in [6, 6.07) is 4.85. The van der Waals surface area contributed by atoms with Crippen LogP contribution in [0, 0.1) is 0 Å². The Bertz CT molecular complexity index is 1150. The van der Waals surface area contributed by atoms with E-state index in [1.165, 1.54) is 14.0 Å². The maximum absolute atomic E-state index is 12.3. The van der Waals surface area contributed by atoms with Crippen molar-refractivity contribution in [2.24, 2.45) is 0 Å². The predicted molar refractivity (Wildman–Crippen MR) is 142 cm³/mol. The highest BCUT2D eigenvalue weighted by molar-refractivity contribution is 7.99. The van der Waals surface area contributed by atoms with Gasteiger partial charge in [-0.1, -0.05) is 6.07 Å². The minimum atomic E-state index is -1.42. The molecule has 14 nitrogen and oxygen atoms in total. The number of carbonyl (C=O) groups excluding carboxylic acids is 5. The van der Waals surface area contributed by atoms with Crippen LogP contribution in [0.4, 0.5) is 4.79 Å². The van der Waals surface area contributed by atoms with Crippen LogP contribution in [0.5, 0.6) is 11.5 Å². The lowest BCUT2D eigenvalue weighted by molar-refractivity contribution is -0.288. The molecule has 0 saturated carbocycles. The van der Waals surface area contributed by atoms with E-state index in [2.05, 4.69) is 5.32 Å². The number of carbonyl (C=O) groups is 5. The van der Waals surface area contributed by atoms with Crippen LogP contribution in [0.2, 0.25) is 0 Å². The molecule has 2 saturated heterocycles. The van der Waals surface area contributed by atoms with Gasteiger partial charge in [0.25, 0.3) is 0 Å². The fourth-order valence-corrected chi connectivity index (χ4v) is 5.69. The monoisotopic (exact) mass is 598 g/mol. The molecule has 0 aromatic heterocycles. The summed E-state index contributed by atoms with van der Waals surface area (Å²) in [5, 5.41) is 2.38. The number of nitrogens with one attached hydrogen (secondary N) is 1. The summed E-state index contributed by atoms with van der Waals surface area (Å²) in [4.78, 5) is 61.6. The van der Waals surface area contributed by atoms with E-state index in [0.717, 1.165) is 32.1 Å². The lowest BCUT2D eigenvalue weighted by Crippen LogP contribution is -2.63. The Balaban J connectivity index is 1.98. The average molecular weight is 599 g/mol. The van der Waals surface area contributed by atoms with Gasteiger partial charge in [0.2, 0.25) is 12.4 Å². The van der Waals surface area contributed by atoms with Gasteiger partial charge in [0.05, 0.1) is 7.11 Å². The van der Waals surface area contributed by atoms with E-state index >= 15 is 0 Å². The Labute approximate surface area is 241 Å². The van der Waals surface area contributed by atoms with Crippen molar-refractivity contribution in [3.05, 3.63) is 23.8 Å². The quantitative estimate of drug-likeness (QED) is 0.322. The molecule has 0 unspecified atom stereocenters. The molecule has 15 heteroatoms. The molecule has 0 bridgehead atoms. The fraction of sp³-hybridized carbons (Fsp3) is 0.577. The first kappa shape index (κ1) is 31.8. The third-order valence-electron chi connectivity index (χ3n) is 6.03. The van der Waals surface area contributed by atoms with Crippen molar-refractivity contribution in [1.29, 1.82) is 0 Å². The second-order valence-corrected chi connectivity index (χ2v) is 10.3. The van der Waals surface area contributed by atoms with Gasteiger partial charge in [-0.2, -0.15) is 0 Å². The fourth-order valence-electron chi connectivity index (χ4n) is 4.44. The molecule has 3 rings (SSSR count). The molecule has 2 aliphatic heterocycles. The zero-order valence-electron chi connectivity index (χ0n) is 23.6. The molecular formula is C26H34N2O12S. The lowest BCUT2D eigenvalue weighted by Gasteiger charge is -2.44. The summed E-state index contributed by atoms with van der Waals surface area (Å²) in [5.74, 6) is -1.67. The number of amides is 2. The normalized spacial score (nSPS) is 25.5. The number of nitrogens with zero attached hydrogens (tertiary/aromatic N) is 1. The summed E-state index contributed by atoms with van der Waals surface area (Å²) in [7, 11) is 2.99. The molecule has 0 spiro atoms. The van der Waals surface area contributed by atoms with Crippen molar-refractivity contribution in [3.8, 4) is 11.5 Å². The minimum Gasteiger partial charge on any atom is -0.493 e. The Hall–Kier alpha value is -3.72. The van der Waals surface area contributed by atoms with Crippen molar-refractivity contribution in [2.75, 3.05) is 33.1 Å². The summed E-state index contributed by atoms with van der Waals surface area (Å²) in [6.07, 6.45) is -6.66. The minimum absolute atomic E-state index is 0.173. The van der Waals surface area contributed by atoms with E-state index in [4.69, 9.17) is 33.2 Å². The molecule has 1 aromatic carbocycles. The molecule has 0 radical (unpaired) electrons. The number of thioether (sulfide) groups is 1. The van der Waals surface area contributed by atoms with Crippen molar-refractivity contribution >= 4 is 41.7 Å². The third kappa shape index (κ3) is 8.16. The first-order valence-corrected chi connectivity index (χ1v) is 13.7. The number of esters is 4. The summed E-state index contributed by atoms with van der Waals surface area (Å²) in [6.45, 7) is 4.77. The Kier molecular flexibility index (Phi) is 11.1. The smallest absolute Gasteiger partial charge is 0.318 e. The van der Waals surface area contributed by atoms with Gasteiger partial charge in [0.1, 0.15) is 18.1 Å². The predicted octanol–water partition coefficient (Wildman–Crippen LogP) is 1.54. The number of urea groups is 1. The van der Waals surface area contributed by atoms with Crippen LogP contribution in [0.15, 0.2) is 18.2 Å². The second kappa shape index (κ2) is 14.3. The summed E-state index contributed by atoms with van der Waals surface area (Å²) in [5.41, 5.74) is 0.779. The van der Waals surface area contributed by atoms with Gasteiger partial charge >= 0.3 is 29.9 Å². The molecule has 6 atom stereocenters. The zero-order chi connectivity index (χ0) is 30.3. The van der Waals surface area contributed by atoms with E-state index < -0.39 is 54.6 Å². The van der Waals surface area contributed by atoms with Gasteiger partial charge in [-0.25, -0.2) is 4.79 Å². The lowest BCUT2D eigenvalue weighted by atomic mass is 9.98. The van der Waals surface area contributed by atoms with Crippen LogP contribution < -0.4 is 14.8 Å². The number of hydrogen-bond donors (Lipinski definition) is 1. The van der Waals surface area contributed by atoms with E-state index in [-0.39, 0.29) is 29.5 Å². The van der Waals surface area contributed by atoms with Gasteiger partial charge in [-0.15, -0.1) is 11.8 Å². The molecule has 2 amide bonds. The van der Waals surface area contributed by atoms with Gasteiger partial charge in [0, 0.05) is 47.0 Å². The Morgan fingerprint density at radius 3 is 2.15 bits per heavy atom. The topological polar surface area (TPSA) is 165 Å². The maximum atomic E-state index is 12.3. The van der Waals surface area contributed by atoms with Crippen LogP contribution in [-0.4, -0.2) is 98.6 Å². The largest absolute Gasteiger partial charge is 0.493 e. The molecule has 1 aromatic rings. The van der Waals surface area contributed by atoms with Crippen molar-refractivity contribution < 1.29 is 57.1 Å². The molecule has 0 aliphatic carbocycles. The van der Waals surface area contributed by atoms with Crippen LogP contribution in [0.3, 0.4) is 0 Å². The maximum Gasteiger partial charge on any atom is 0.318 e. The number of hydrogen-bond acceptors (Lipinski definition) is 13. The highest BCUT2D eigenvalue weighted by atomic mass is 32.2. The van der Waals surface area contributed by atoms with Gasteiger partial charge in [-0.05, 0) is 17.7 Å². The van der Waals surface area contributed by atoms with Crippen LogP contribution >= 0.6 is 11.8 Å². The number of methoxy groups -OCH3 is 1. The van der Waals surface area contributed by atoms with Gasteiger partial charge < -0.3 is 43.4 Å². The van der Waals surface area contributed by atoms with Gasteiger partial charge in [-0.3, -0.25) is 19.2 Å². The van der Waals surface area contributed by atoms with E-state index in [0.29, 0.717) is 6.54 Å². The summed E-state index contributed by atoms with van der Waals surface area (Å²) >= 11 is 1.59. The number of rotatable bonds is 9. The molecule has 2 aliphatic rings. The average Bonchev–Trinajstić information content (AvgIpc) is 3.40. The standard InChI is InChI=1S/C26H34N2O12S/c1-13(29)35-12-20-21(36-14(2)30)22(37-15(3)31)23(38-16(4)32)25(40-20)39-18-8-7-17(11-19(18)34-6)24-28(9-10-41-24)26(33)27-5/h7-8,11,20-25H,9-10,12H2,1-6H3,(H,27,33)/t20-,21-,22+,23-,24-,25-/m1/s1. The molecule has 41 heavy (non-hydrogen) atoms. The van der Waals surface area contributed by atoms with Crippen LogP contribution in [-0.2, 0) is 42.9 Å². The Morgan fingerprint density at radius 1 is 0.927 bits per heavy atom. The van der Waals surface area contributed by atoms with Crippen molar-refractivity contribution in [1.82, 2.24) is 10.2 Å². The third-order valence-corrected chi connectivity index (χ3v) is 7.29. The van der Waals surface area contributed by atoms with Crippen molar-refractivity contribution in [3.63, 3.8) is 0 Å². The first-order valence-electron chi connectivity index (χ1n) is 12.7. The second-order valence-electron chi connectivity index (χ2n) is 9.07. The van der Waals surface area contributed by atoms with Gasteiger partial charge in [0.15, 0.2) is 23.7 Å². The van der Waals surface area contributed by atoms with E-state index in [1.807, 2.05) is 0 Å². The van der Waals surface area contributed by atoms with E-state index in [1.54, 1.807) is 41.9 Å².